The van der Waals surface area contributed by atoms with Crippen molar-refractivity contribution in [3.8, 4) is 0 Å². The van der Waals surface area contributed by atoms with Crippen LogP contribution in [-0.2, 0) is 14.4 Å². The third-order valence-electron chi connectivity index (χ3n) is 4.21. The quantitative estimate of drug-likeness (QED) is 0.753. The van der Waals surface area contributed by atoms with Crippen LogP contribution in [0.1, 0.15) is 32.6 Å². The highest BCUT2D eigenvalue weighted by molar-refractivity contribution is 5.85. The molecule has 0 spiro atoms. The van der Waals surface area contributed by atoms with Crippen molar-refractivity contribution in [1.82, 2.24) is 10.2 Å². The molecule has 1 saturated heterocycles. The predicted octanol–water partition coefficient (Wildman–Crippen LogP) is 0.781. The molecule has 0 aromatic carbocycles. The van der Waals surface area contributed by atoms with E-state index in [1.165, 1.54) is 6.92 Å². The minimum Gasteiger partial charge on any atom is -0.481 e. The molecule has 1 fully saturated rings. The zero-order valence-electron chi connectivity index (χ0n) is 12.2. The molecule has 6 nitrogen and oxygen atoms in total. The van der Waals surface area contributed by atoms with Crippen LogP contribution in [0.15, 0.2) is 12.2 Å². The smallest absolute Gasteiger partial charge is 0.307 e. The molecule has 116 valence electrons. The molecule has 0 bridgehead atoms. The van der Waals surface area contributed by atoms with Crippen LogP contribution in [0.25, 0.3) is 0 Å². The monoisotopic (exact) mass is 294 g/mol. The van der Waals surface area contributed by atoms with Crippen LogP contribution in [0.2, 0.25) is 0 Å². The topological polar surface area (TPSA) is 86.7 Å². The third kappa shape index (κ3) is 3.83. The predicted molar refractivity (Wildman–Crippen MR) is 76.4 cm³/mol. The van der Waals surface area contributed by atoms with Gasteiger partial charge in [0.2, 0.25) is 11.8 Å². The molecule has 0 saturated carbocycles. The van der Waals surface area contributed by atoms with Crippen molar-refractivity contribution < 1.29 is 19.5 Å². The molecule has 1 aliphatic carbocycles. The second-order valence-corrected chi connectivity index (χ2v) is 5.82. The Bertz CT molecular complexity index is 461. The van der Waals surface area contributed by atoms with E-state index in [-0.39, 0.29) is 17.9 Å². The highest BCUT2D eigenvalue weighted by Crippen LogP contribution is 2.28. The number of likely N-dealkylation sites (tertiary alicyclic amines) is 1. The molecule has 21 heavy (non-hydrogen) atoms. The van der Waals surface area contributed by atoms with Crippen molar-refractivity contribution in [2.24, 2.45) is 11.8 Å². The minimum absolute atomic E-state index is 0.0254. The van der Waals surface area contributed by atoms with Gasteiger partial charge >= 0.3 is 5.97 Å². The standard InChI is InChI=1S/C15H22N2O4/c1-10(18)16-11-5-4-8-17(9-11)14(19)12-6-2-3-7-13(12)15(20)21/h2-3,11-13H,4-9H2,1H3,(H,16,18)(H,20,21)/t11?,12-,13+/m1/s1. The molecule has 2 amide bonds. The van der Waals surface area contributed by atoms with Crippen LogP contribution in [0.3, 0.4) is 0 Å². The maximum Gasteiger partial charge on any atom is 0.307 e. The Kier molecular flexibility index (Phi) is 4.98. The summed E-state index contributed by atoms with van der Waals surface area (Å²) in [6.07, 6.45) is 6.30. The largest absolute Gasteiger partial charge is 0.481 e. The number of piperidine rings is 1. The Balaban J connectivity index is 2.02. The summed E-state index contributed by atoms with van der Waals surface area (Å²) < 4.78 is 0. The molecule has 1 heterocycles. The van der Waals surface area contributed by atoms with Gasteiger partial charge in [-0.25, -0.2) is 0 Å². The summed E-state index contributed by atoms with van der Waals surface area (Å²) in [6, 6.07) is -0.0254. The number of carboxylic acid groups (broad SMARTS) is 1. The van der Waals surface area contributed by atoms with Gasteiger partial charge in [-0.1, -0.05) is 12.2 Å². The third-order valence-corrected chi connectivity index (χ3v) is 4.21. The molecule has 2 rings (SSSR count). The van der Waals surface area contributed by atoms with Crippen molar-refractivity contribution in [3.05, 3.63) is 12.2 Å². The van der Waals surface area contributed by atoms with E-state index in [9.17, 15) is 19.5 Å². The first-order chi connectivity index (χ1) is 9.99. The number of rotatable bonds is 3. The molecule has 1 unspecified atom stereocenters. The summed E-state index contributed by atoms with van der Waals surface area (Å²) in [5.41, 5.74) is 0. The highest BCUT2D eigenvalue weighted by Gasteiger charge is 2.37. The fourth-order valence-electron chi connectivity index (χ4n) is 3.18. The number of nitrogens with one attached hydrogen (secondary N) is 1. The van der Waals surface area contributed by atoms with Gasteiger partial charge in [-0.2, -0.15) is 0 Å². The lowest BCUT2D eigenvalue weighted by molar-refractivity contribution is -0.151. The second-order valence-electron chi connectivity index (χ2n) is 5.82. The second kappa shape index (κ2) is 6.74. The van der Waals surface area contributed by atoms with Crippen LogP contribution < -0.4 is 5.32 Å². The molecule has 3 atom stereocenters. The maximum absolute atomic E-state index is 12.6. The first-order valence-corrected chi connectivity index (χ1v) is 7.42. The number of nitrogens with zero attached hydrogens (tertiary/aromatic N) is 1. The van der Waals surface area contributed by atoms with E-state index < -0.39 is 17.8 Å². The molecule has 1 aliphatic heterocycles. The summed E-state index contributed by atoms with van der Waals surface area (Å²) in [5, 5.41) is 12.1. The van der Waals surface area contributed by atoms with E-state index in [1.54, 1.807) is 4.90 Å². The van der Waals surface area contributed by atoms with Gasteiger partial charge in [0.15, 0.2) is 0 Å². The maximum atomic E-state index is 12.6. The van der Waals surface area contributed by atoms with E-state index in [2.05, 4.69) is 5.32 Å². The van der Waals surface area contributed by atoms with Crippen molar-refractivity contribution >= 4 is 17.8 Å². The molecule has 2 aliphatic rings. The lowest BCUT2D eigenvalue weighted by Gasteiger charge is -2.36. The van der Waals surface area contributed by atoms with Gasteiger partial charge in [0.1, 0.15) is 0 Å². The normalized spacial score (nSPS) is 29.0. The molecule has 0 aromatic heterocycles. The van der Waals surface area contributed by atoms with E-state index >= 15 is 0 Å². The summed E-state index contributed by atoms with van der Waals surface area (Å²) in [6.45, 7) is 2.58. The fraction of sp³-hybridized carbons (Fsp3) is 0.667. The lowest BCUT2D eigenvalue weighted by Crippen LogP contribution is -2.52. The van der Waals surface area contributed by atoms with Crippen LogP contribution in [-0.4, -0.2) is 46.9 Å². The first kappa shape index (κ1) is 15.5. The summed E-state index contributed by atoms with van der Waals surface area (Å²) in [4.78, 5) is 36.8. The molecule has 0 aromatic rings. The summed E-state index contributed by atoms with van der Waals surface area (Å²) >= 11 is 0. The van der Waals surface area contributed by atoms with Gasteiger partial charge in [-0.15, -0.1) is 0 Å². The van der Waals surface area contributed by atoms with Crippen LogP contribution >= 0.6 is 0 Å². The highest BCUT2D eigenvalue weighted by atomic mass is 16.4. The van der Waals surface area contributed by atoms with E-state index in [0.717, 1.165) is 12.8 Å². The summed E-state index contributed by atoms with van der Waals surface area (Å²) in [7, 11) is 0. The van der Waals surface area contributed by atoms with Crippen LogP contribution in [0.5, 0.6) is 0 Å². The molecule has 6 heteroatoms. The molecular formula is C15H22N2O4. The first-order valence-electron chi connectivity index (χ1n) is 7.42. The van der Waals surface area contributed by atoms with Gasteiger partial charge in [-0.05, 0) is 25.7 Å². The Morgan fingerprint density at radius 3 is 2.48 bits per heavy atom. The molecular weight excluding hydrogens is 272 g/mol. The zero-order valence-corrected chi connectivity index (χ0v) is 12.2. The van der Waals surface area contributed by atoms with Crippen molar-refractivity contribution in [3.63, 3.8) is 0 Å². The number of carboxylic acids is 1. The number of amides is 2. The number of carbonyl (C=O) groups excluding carboxylic acids is 2. The average Bonchev–Trinajstić information content (AvgIpc) is 2.46. The van der Waals surface area contributed by atoms with Crippen molar-refractivity contribution in [2.75, 3.05) is 13.1 Å². The van der Waals surface area contributed by atoms with Crippen molar-refractivity contribution in [1.29, 1.82) is 0 Å². The Hall–Kier alpha value is -1.85. The van der Waals surface area contributed by atoms with E-state index in [4.69, 9.17) is 0 Å². The SMILES string of the molecule is CC(=O)NC1CCCN(C(=O)[C@@H]2CC=CC[C@@H]2C(=O)O)C1. The van der Waals surface area contributed by atoms with E-state index in [0.29, 0.717) is 25.9 Å². The minimum atomic E-state index is -0.909. The van der Waals surface area contributed by atoms with Gasteiger partial charge in [-0.3, -0.25) is 14.4 Å². The summed E-state index contributed by atoms with van der Waals surface area (Å²) in [5.74, 6) is -2.22. The van der Waals surface area contributed by atoms with Gasteiger partial charge in [0, 0.05) is 26.1 Å². The van der Waals surface area contributed by atoms with Gasteiger partial charge < -0.3 is 15.3 Å². The molecule has 2 N–H and O–H groups in total. The number of carbonyl (C=O) groups is 3. The fourth-order valence-corrected chi connectivity index (χ4v) is 3.18. The number of hydrogen-bond donors (Lipinski definition) is 2. The molecule has 0 radical (unpaired) electrons. The Labute approximate surface area is 124 Å². The zero-order chi connectivity index (χ0) is 15.4. The number of aliphatic carboxylic acids is 1. The average molecular weight is 294 g/mol. The van der Waals surface area contributed by atoms with Gasteiger partial charge in [0.25, 0.3) is 0 Å². The number of hydrogen-bond acceptors (Lipinski definition) is 3. The van der Waals surface area contributed by atoms with Crippen LogP contribution in [0.4, 0.5) is 0 Å². The Morgan fingerprint density at radius 1 is 1.19 bits per heavy atom. The van der Waals surface area contributed by atoms with E-state index in [1.807, 2.05) is 12.2 Å². The van der Waals surface area contributed by atoms with Crippen molar-refractivity contribution in [2.45, 2.75) is 38.6 Å². The number of allylic oxidation sites excluding steroid dienone is 2. The Morgan fingerprint density at radius 2 is 1.86 bits per heavy atom. The van der Waals surface area contributed by atoms with Gasteiger partial charge in [0.05, 0.1) is 11.8 Å². The van der Waals surface area contributed by atoms with Crippen LogP contribution in [0, 0.1) is 11.8 Å². The lowest BCUT2D eigenvalue weighted by atomic mass is 9.81.